The first-order chi connectivity index (χ1) is 25.8. The predicted octanol–water partition coefficient (Wildman–Crippen LogP) is 11.2. The Kier molecular flexibility index (Phi) is 8.52. The average Bonchev–Trinajstić information content (AvgIpc) is 3.73. The third kappa shape index (κ3) is 5.24. The summed E-state index contributed by atoms with van der Waals surface area (Å²) in [5.41, 5.74) is 3.24. The molecular formula is C48H64N2S2. The summed E-state index contributed by atoms with van der Waals surface area (Å²) < 4.78 is 0. The Morgan fingerprint density at radius 1 is 0.385 bits per heavy atom. The highest BCUT2D eigenvalue weighted by Crippen LogP contribution is 2.63. The van der Waals surface area contributed by atoms with Gasteiger partial charge in [-0.3, -0.25) is 9.80 Å². The molecule has 4 heterocycles. The lowest BCUT2D eigenvalue weighted by Crippen LogP contribution is -2.60. The number of fused-ring (bicyclic) bond motifs is 10. The van der Waals surface area contributed by atoms with E-state index in [1.54, 1.807) is 62.5 Å². The van der Waals surface area contributed by atoms with Gasteiger partial charge in [-0.15, -0.1) is 0 Å². The van der Waals surface area contributed by atoms with Crippen molar-refractivity contribution in [2.24, 2.45) is 35.5 Å². The van der Waals surface area contributed by atoms with Crippen LogP contribution < -0.4 is 0 Å². The lowest BCUT2D eigenvalue weighted by molar-refractivity contribution is 0.0283. The minimum absolute atomic E-state index is 0.791. The number of nitrogens with zero attached hydrogens (tertiary/aromatic N) is 2. The van der Waals surface area contributed by atoms with Gasteiger partial charge in [0.25, 0.3) is 0 Å². The Morgan fingerprint density at radius 3 is 1.29 bits per heavy atom. The van der Waals surface area contributed by atoms with E-state index in [0.29, 0.717) is 0 Å². The second kappa shape index (κ2) is 13.3. The fraction of sp³-hybridized carbons (Fsp3) is 0.750. The lowest BCUT2D eigenvalue weighted by Gasteiger charge is -2.54. The Bertz CT molecular complexity index is 1470. The molecule has 4 aliphatic heterocycles. The first-order valence-corrected chi connectivity index (χ1v) is 24.6. The highest BCUT2D eigenvalue weighted by molar-refractivity contribution is 8.00. The van der Waals surface area contributed by atoms with Crippen molar-refractivity contribution in [3.8, 4) is 0 Å². The number of hydrogen-bond donors (Lipinski definition) is 0. The van der Waals surface area contributed by atoms with Gasteiger partial charge in [-0.2, -0.15) is 23.5 Å². The fourth-order valence-electron chi connectivity index (χ4n) is 16.4. The van der Waals surface area contributed by atoms with Crippen LogP contribution in [0, 0.1) is 35.5 Å². The quantitative estimate of drug-likeness (QED) is 0.310. The molecule has 18 unspecified atom stereocenters. The highest BCUT2D eigenvalue weighted by Gasteiger charge is 2.63. The second-order valence-electron chi connectivity index (χ2n) is 20.1. The van der Waals surface area contributed by atoms with E-state index in [2.05, 4.69) is 94.0 Å². The molecule has 6 aliphatic carbocycles. The van der Waals surface area contributed by atoms with Gasteiger partial charge in [0.05, 0.1) is 0 Å². The number of thioether (sulfide) groups is 2. The van der Waals surface area contributed by atoms with Crippen LogP contribution in [0.2, 0.25) is 0 Å². The van der Waals surface area contributed by atoms with Gasteiger partial charge in [0.1, 0.15) is 0 Å². The predicted molar refractivity (Wildman–Crippen MR) is 219 cm³/mol. The molecule has 0 amide bonds. The van der Waals surface area contributed by atoms with Crippen LogP contribution in [0.3, 0.4) is 0 Å². The molecule has 4 heteroatoms. The van der Waals surface area contributed by atoms with Crippen LogP contribution in [-0.2, 0) is 0 Å². The van der Waals surface area contributed by atoms with Crippen molar-refractivity contribution in [3.05, 3.63) is 71.8 Å². The first kappa shape index (κ1) is 33.2. The highest BCUT2D eigenvalue weighted by atomic mass is 32.2. The normalized spacial score (nSPS) is 50.9. The van der Waals surface area contributed by atoms with Crippen molar-refractivity contribution in [3.63, 3.8) is 0 Å². The molecule has 0 spiro atoms. The molecule has 10 fully saturated rings. The van der Waals surface area contributed by atoms with Gasteiger partial charge in [-0.05, 0) is 161 Å². The third-order valence-corrected chi connectivity index (χ3v) is 21.7. The van der Waals surface area contributed by atoms with E-state index in [1.165, 1.54) is 64.2 Å². The minimum atomic E-state index is 0.791. The molecule has 2 aromatic carbocycles. The summed E-state index contributed by atoms with van der Waals surface area (Å²) in [6, 6.07) is 28.7. The van der Waals surface area contributed by atoms with E-state index in [-0.39, 0.29) is 0 Å². The molecule has 0 N–H and O–H groups in total. The number of rotatable bonds is 3. The molecular weight excluding hydrogens is 669 g/mol. The largest absolute Gasteiger partial charge is 0.292 e. The van der Waals surface area contributed by atoms with Crippen LogP contribution in [0.1, 0.15) is 139 Å². The maximum atomic E-state index is 3.31. The van der Waals surface area contributed by atoms with Gasteiger partial charge < -0.3 is 0 Å². The first-order valence-electron chi connectivity index (χ1n) is 22.7. The summed E-state index contributed by atoms with van der Waals surface area (Å²) in [6.45, 7) is 0. The average molecular weight is 733 g/mol. The van der Waals surface area contributed by atoms with E-state index in [0.717, 1.165) is 105 Å². The Hall–Kier alpha value is -0.940. The Labute approximate surface area is 323 Å². The van der Waals surface area contributed by atoms with Crippen molar-refractivity contribution in [1.82, 2.24) is 9.80 Å². The zero-order valence-electron chi connectivity index (χ0n) is 31.6. The fourth-order valence-corrected chi connectivity index (χ4v) is 20.6. The summed E-state index contributed by atoms with van der Waals surface area (Å²) in [6.07, 6.45) is 27.2. The molecule has 10 aliphatic rings. The summed E-state index contributed by atoms with van der Waals surface area (Å²) in [5.74, 6) is 7.70. The standard InChI is InChI=1S/C48H64N2S2/c1-3-9-29(10-4-1)33-19-23-41-45(27-33)51-43-15-7-13-35-37-25-31(17-21-39(37)49(41)47(35)43)32-18-22-40-38(26-32)36-14-8-16-44-48(36)50(40)42-24-20-34(28-46(42)52-44)30-11-5-2-6-12-30/h1-6,9-12,31-48H,7-8,13-28H2. The summed E-state index contributed by atoms with van der Waals surface area (Å²) >= 11 is 5.01. The van der Waals surface area contributed by atoms with Crippen LogP contribution in [0.15, 0.2) is 60.7 Å². The van der Waals surface area contributed by atoms with Crippen molar-refractivity contribution in [2.75, 3.05) is 0 Å². The number of hydrogen-bond acceptors (Lipinski definition) is 4. The maximum Gasteiger partial charge on any atom is 0.0252 e. The van der Waals surface area contributed by atoms with Crippen LogP contribution in [0.4, 0.5) is 0 Å². The summed E-state index contributed by atoms with van der Waals surface area (Å²) in [5, 5.41) is 3.59. The number of benzene rings is 2. The second-order valence-corrected chi connectivity index (χ2v) is 23.0. The van der Waals surface area contributed by atoms with Crippen molar-refractivity contribution >= 4 is 23.5 Å². The zero-order chi connectivity index (χ0) is 33.9. The van der Waals surface area contributed by atoms with E-state index in [4.69, 9.17) is 0 Å². The molecule has 0 bridgehead atoms. The Balaban J connectivity index is 0.753. The molecule has 0 aromatic heterocycles. The molecule has 6 saturated carbocycles. The van der Waals surface area contributed by atoms with Crippen LogP contribution in [-0.4, -0.2) is 67.1 Å². The van der Waals surface area contributed by atoms with Gasteiger partial charge in [-0.25, -0.2) is 0 Å². The monoisotopic (exact) mass is 732 g/mol. The van der Waals surface area contributed by atoms with Crippen molar-refractivity contribution in [1.29, 1.82) is 0 Å². The summed E-state index contributed by atoms with van der Waals surface area (Å²) in [4.78, 5) is 6.62. The lowest BCUT2D eigenvalue weighted by atomic mass is 9.62. The van der Waals surface area contributed by atoms with Crippen LogP contribution >= 0.6 is 23.5 Å². The molecule has 0 radical (unpaired) electrons. The minimum Gasteiger partial charge on any atom is -0.292 e. The third-order valence-electron chi connectivity index (χ3n) is 18.2. The van der Waals surface area contributed by atoms with Crippen LogP contribution in [0.5, 0.6) is 0 Å². The Morgan fingerprint density at radius 2 is 0.827 bits per heavy atom. The van der Waals surface area contributed by atoms with Gasteiger partial charge in [-0.1, -0.05) is 73.5 Å². The topological polar surface area (TPSA) is 6.48 Å². The molecule has 4 saturated heterocycles. The SMILES string of the molecule is c1ccc(C2CCC3C(C2)SC2CCCC4C5CC(C6CCC7C(C6)C6CCCC8SC9CC(c%10ccccc%10)CCC9N7C86)CCC5N3C24)cc1. The van der Waals surface area contributed by atoms with Crippen molar-refractivity contribution in [2.45, 2.75) is 185 Å². The molecule has 18 atom stereocenters. The molecule has 278 valence electrons. The van der Waals surface area contributed by atoms with Crippen LogP contribution in [0.25, 0.3) is 0 Å². The van der Waals surface area contributed by atoms with Crippen molar-refractivity contribution < 1.29 is 0 Å². The van der Waals surface area contributed by atoms with E-state index in [9.17, 15) is 0 Å². The van der Waals surface area contributed by atoms with Gasteiger partial charge in [0, 0.05) is 57.3 Å². The van der Waals surface area contributed by atoms with E-state index >= 15 is 0 Å². The molecule has 52 heavy (non-hydrogen) atoms. The van der Waals surface area contributed by atoms with Gasteiger partial charge in [0.2, 0.25) is 0 Å². The van der Waals surface area contributed by atoms with Gasteiger partial charge >= 0.3 is 0 Å². The summed E-state index contributed by atoms with van der Waals surface area (Å²) in [7, 11) is 0. The van der Waals surface area contributed by atoms with E-state index in [1.807, 2.05) is 0 Å². The van der Waals surface area contributed by atoms with Gasteiger partial charge in [0.15, 0.2) is 0 Å². The zero-order valence-corrected chi connectivity index (χ0v) is 33.2. The molecule has 2 aromatic rings. The van der Waals surface area contributed by atoms with E-state index < -0.39 is 0 Å². The molecule has 12 rings (SSSR count). The maximum absolute atomic E-state index is 3.31. The smallest absolute Gasteiger partial charge is 0.0252 e. The molecule has 2 nitrogen and oxygen atoms in total.